The molecule has 0 amide bonds. The van der Waals surface area contributed by atoms with Crippen molar-refractivity contribution in [2.45, 2.75) is 6.04 Å². The Bertz CT molecular complexity index is 554. The highest BCUT2D eigenvalue weighted by molar-refractivity contribution is 9.10. The Kier molecular flexibility index (Phi) is 5.09. The normalized spacial score (nSPS) is 12.2. The van der Waals surface area contributed by atoms with Crippen molar-refractivity contribution >= 4 is 21.6 Å². The average Bonchev–Trinajstić information content (AvgIpc) is 2.42. The highest BCUT2D eigenvalue weighted by Crippen LogP contribution is 2.27. The van der Waals surface area contributed by atoms with Crippen molar-refractivity contribution in [1.82, 2.24) is 0 Å². The van der Waals surface area contributed by atoms with E-state index >= 15 is 0 Å². The molecule has 1 N–H and O–H groups in total. The number of hydrogen-bond donors (Lipinski definition) is 1. The molecule has 1 unspecified atom stereocenters. The molecule has 0 fully saturated rings. The van der Waals surface area contributed by atoms with Crippen LogP contribution in [-0.4, -0.2) is 13.7 Å². The number of ether oxygens (including phenoxy) is 1. The van der Waals surface area contributed by atoms with Crippen molar-refractivity contribution in [2.75, 3.05) is 19.0 Å². The molecular formula is C15H14BrF2NO. The summed E-state index contributed by atoms with van der Waals surface area (Å²) in [7, 11) is 1.55. The Morgan fingerprint density at radius 1 is 1.15 bits per heavy atom. The van der Waals surface area contributed by atoms with E-state index in [0.29, 0.717) is 11.1 Å². The van der Waals surface area contributed by atoms with E-state index in [1.165, 1.54) is 12.1 Å². The molecular weight excluding hydrogens is 328 g/mol. The van der Waals surface area contributed by atoms with Gasteiger partial charge < -0.3 is 10.1 Å². The lowest BCUT2D eigenvalue weighted by molar-refractivity contribution is 0.186. The van der Waals surface area contributed by atoms with Gasteiger partial charge in [-0.05, 0) is 17.7 Å². The van der Waals surface area contributed by atoms with Crippen LogP contribution in [0.2, 0.25) is 0 Å². The summed E-state index contributed by atoms with van der Waals surface area (Å²) in [4.78, 5) is 0. The Morgan fingerprint density at radius 3 is 2.30 bits per heavy atom. The Hall–Kier alpha value is -1.46. The lowest BCUT2D eigenvalue weighted by Gasteiger charge is -2.20. The van der Waals surface area contributed by atoms with Crippen LogP contribution in [0.1, 0.15) is 11.6 Å². The van der Waals surface area contributed by atoms with Crippen molar-refractivity contribution in [3.05, 3.63) is 64.1 Å². The van der Waals surface area contributed by atoms with Gasteiger partial charge in [-0.1, -0.05) is 46.3 Å². The minimum atomic E-state index is -0.645. The third-order valence-corrected chi connectivity index (χ3v) is 3.32. The van der Waals surface area contributed by atoms with Crippen molar-refractivity contribution < 1.29 is 13.5 Å². The van der Waals surface area contributed by atoms with Gasteiger partial charge in [0.25, 0.3) is 0 Å². The lowest BCUT2D eigenvalue weighted by Crippen LogP contribution is -2.18. The summed E-state index contributed by atoms with van der Waals surface area (Å²) in [5.41, 5.74) is 0.746. The standard InChI is InChI=1S/C15H14BrF2NO/c1-20-9-14(10-5-3-2-4-6-10)19-15-12(17)7-11(16)8-13(15)18/h2-8,14,19H,9H2,1H3. The molecule has 2 nitrogen and oxygen atoms in total. The molecule has 0 spiro atoms. The highest BCUT2D eigenvalue weighted by Gasteiger charge is 2.17. The highest BCUT2D eigenvalue weighted by atomic mass is 79.9. The van der Waals surface area contributed by atoms with Crippen LogP contribution < -0.4 is 5.32 Å². The summed E-state index contributed by atoms with van der Waals surface area (Å²) in [6.07, 6.45) is 0. The van der Waals surface area contributed by atoms with Gasteiger partial charge in [0.15, 0.2) is 0 Å². The Morgan fingerprint density at radius 2 is 1.75 bits per heavy atom. The van der Waals surface area contributed by atoms with E-state index in [4.69, 9.17) is 4.74 Å². The molecule has 0 aliphatic carbocycles. The predicted molar refractivity (Wildman–Crippen MR) is 78.7 cm³/mol. The molecule has 20 heavy (non-hydrogen) atoms. The predicted octanol–water partition coefficient (Wildman–Crippen LogP) is 4.53. The molecule has 0 saturated carbocycles. The minimum absolute atomic E-state index is 0.154. The quantitative estimate of drug-likeness (QED) is 0.862. The summed E-state index contributed by atoms with van der Waals surface area (Å²) in [6, 6.07) is 11.5. The first-order valence-electron chi connectivity index (χ1n) is 6.06. The minimum Gasteiger partial charge on any atom is -0.382 e. The van der Waals surface area contributed by atoms with Crippen LogP contribution in [0.25, 0.3) is 0 Å². The van der Waals surface area contributed by atoms with Crippen molar-refractivity contribution in [3.8, 4) is 0 Å². The van der Waals surface area contributed by atoms with Crippen LogP contribution in [0.15, 0.2) is 46.9 Å². The molecule has 0 aliphatic rings. The molecule has 0 heterocycles. The number of methoxy groups -OCH3 is 1. The van der Waals surface area contributed by atoms with E-state index in [2.05, 4.69) is 21.2 Å². The van der Waals surface area contributed by atoms with Crippen LogP contribution >= 0.6 is 15.9 Å². The van der Waals surface area contributed by atoms with Crippen LogP contribution in [0.5, 0.6) is 0 Å². The number of anilines is 1. The Balaban J connectivity index is 2.30. The van der Waals surface area contributed by atoms with Gasteiger partial charge in [-0.15, -0.1) is 0 Å². The van der Waals surface area contributed by atoms with Gasteiger partial charge in [-0.3, -0.25) is 0 Å². The second-order valence-corrected chi connectivity index (χ2v) is 5.22. The largest absolute Gasteiger partial charge is 0.382 e. The zero-order valence-electron chi connectivity index (χ0n) is 10.9. The fraction of sp³-hybridized carbons (Fsp3) is 0.200. The average molecular weight is 342 g/mol. The fourth-order valence-corrected chi connectivity index (χ4v) is 2.33. The second-order valence-electron chi connectivity index (χ2n) is 4.31. The van der Waals surface area contributed by atoms with E-state index in [1.807, 2.05) is 30.3 Å². The van der Waals surface area contributed by atoms with Gasteiger partial charge in [0.1, 0.15) is 17.3 Å². The van der Waals surface area contributed by atoms with E-state index in [9.17, 15) is 8.78 Å². The topological polar surface area (TPSA) is 21.3 Å². The fourth-order valence-electron chi connectivity index (χ4n) is 1.93. The molecule has 0 aromatic heterocycles. The monoisotopic (exact) mass is 341 g/mol. The number of benzene rings is 2. The molecule has 2 rings (SSSR count). The summed E-state index contributed by atoms with van der Waals surface area (Å²) < 4.78 is 33.2. The summed E-state index contributed by atoms with van der Waals surface area (Å²) in [5.74, 6) is -1.29. The first-order chi connectivity index (χ1) is 9.61. The molecule has 0 saturated heterocycles. The van der Waals surface area contributed by atoms with Gasteiger partial charge in [0.2, 0.25) is 0 Å². The number of halogens is 3. The second kappa shape index (κ2) is 6.81. The molecule has 0 bridgehead atoms. The van der Waals surface area contributed by atoms with E-state index in [0.717, 1.165) is 5.56 Å². The molecule has 0 aliphatic heterocycles. The Labute approximate surface area is 124 Å². The van der Waals surface area contributed by atoms with Gasteiger partial charge in [0, 0.05) is 11.6 Å². The summed E-state index contributed by atoms with van der Waals surface area (Å²) in [5, 5.41) is 2.86. The maximum atomic E-state index is 13.9. The van der Waals surface area contributed by atoms with E-state index in [1.54, 1.807) is 7.11 Å². The third-order valence-electron chi connectivity index (χ3n) is 2.86. The van der Waals surface area contributed by atoms with Gasteiger partial charge >= 0.3 is 0 Å². The van der Waals surface area contributed by atoms with Crippen LogP contribution in [-0.2, 0) is 4.74 Å². The SMILES string of the molecule is COCC(Nc1c(F)cc(Br)cc1F)c1ccccc1. The lowest BCUT2D eigenvalue weighted by atomic mass is 10.1. The molecule has 1 atom stereocenters. The zero-order chi connectivity index (χ0) is 14.5. The molecule has 0 radical (unpaired) electrons. The number of nitrogens with one attached hydrogen (secondary N) is 1. The van der Waals surface area contributed by atoms with Crippen LogP contribution in [0, 0.1) is 11.6 Å². The molecule has 2 aromatic carbocycles. The van der Waals surface area contributed by atoms with Crippen molar-refractivity contribution in [1.29, 1.82) is 0 Å². The van der Waals surface area contributed by atoms with E-state index < -0.39 is 11.6 Å². The van der Waals surface area contributed by atoms with Crippen molar-refractivity contribution in [3.63, 3.8) is 0 Å². The molecule has 5 heteroatoms. The van der Waals surface area contributed by atoms with Crippen LogP contribution in [0.4, 0.5) is 14.5 Å². The van der Waals surface area contributed by atoms with Gasteiger partial charge in [-0.2, -0.15) is 0 Å². The molecule has 2 aromatic rings. The van der Waals surface area contributed by atoms with Crippen molar-refractivity contribution in [2.24, 2.45) is 0 Å². The van der Waals surface area contributed by atoms with E-state index in [-0.39, 0.29) is 11.7 Å². The zero-order valence-corrected chi connectivity index (χ0v) is 12.5. The van der Waals surface area contributed by atoms with Gasteiger partial charge in [0.05, 0.1) is 12.6 Å². The smallest absolute Gasteiger partial charge is 0.150 e. The summed E-state index contributed by atoms with van der Waals surface area (Å²) >= 11 is 3.06. The first kappa shape index (κ1) is 14.9. The molecule has 106 valence electrons. The third kappa shape index (κ3) is 3.55. The number of hydrogen-bond acceptors (Lipinski definition) is 2. The first-order valence-corrected chi connectivity index (χ1v) is 6.86. The van der Waals surface area contributed by atoms with Gasteiger partial charge in [-0.25, -0.2) is 8.78 Å². The summed E-state index contributed by atoms with van der Waals surface area (Å²) in [6.45, 7) is 0.305. The number of rotatable bonds is 5. The maximum absolute atomic E-state index is 13.9. The van der Waals surface area contributed by atoms with Crippen LogP contribution in [0.3, 0.4) is 0 Å². The maximum Gasteiger partial charge on any atom is 0.150 e.